The highest BCUT2D eigenvalue weighted by Crippen LogP contribution is 2.26. The zero-order valence-electron chi connectivity index (χ0n) is 12.1. The molecule has 1 rings (SSSR count). The van der Waals surface area contributed by atoms with Crippen molar-refractivity contribution in [1.29, 1.82) is 0 Å². The molecule has 0 aliphatic rings. The third-order valence-corrected chi connectivity index (χ3v) is 3.74. The average Bonchev–Trinajstić information content (AvgIpc) is 2.41. The summed E-state index contributed by atoms with van der Waals surface area (Å²) in [4.78, 5) is 0. The van der Waals surface area contributed by atoms with E-state index < -0.39 is 0 Å². The molecule has 0 saturated heterocycles. The van der Waals surface area contributed by atoms with Gasteiger partial charge < -0.3 is 10.5 Å². The maximum Gasteiger partial charge on any atom is 0.137 e. The molecular weight excluding hydrogens is 258 g/mol. The maximum absolute atomic E-state index is 6.23. The summed E-state index contributed by atoms with van der Waals surface area (Å²) in [6, 6.07) is 5.96. The van der Waals surface area contributed by atoms with E-state index >= 15 is 0 Å². The Morgan fingerprint density at radius 1 is 1.32 bits per heavy atom. The molecule has 2 N–H and O–H groups in total. The van der Waals surface area contributed by atoms with E-state index in [9.17, 15) is 0 Å². The van der Waals surface area contributed by atoms with Crippen LogP contribution in [-0.2, 0) is 6.42 Å². The fourth-order valence-corrected chi connectivity index (χ4v) is 2.35. The molecule has 0 aliphatic heterocycles. The van der Waals surface area contributed by atoms with Crippen LogP contribution in [0.5, 0.6) is 5.75 Å². The molecule has 0 aromatic heterocycles. The van der Waals surface area contributed by atoms with Gasteiger partial charge in [0.15, 0.2) is 0 Å². The zero-order valence-corrected chi connectivity index (χ0v) is 12.9. The lowest BCUT2D eigenvalue weighted by atomic mass is 10.0. The second kappa shape index (κ2) is 9.22. The van der Waals surface area contributed by atoms with Crippen LogP contribution in [0, 0.1) is 5.92 Å². The Labute approximate surface area is 122 Å². The Morgan fingerprint density at radius 3 is 2.68 bits per heavy atom. The summed E-state index contributed by atoms with van der Waals surface area (Å²) < 4.78 is 5.86. The van der Waals surface area contributed by atoms with Crippen LogP contribution in [0.4, 0.5) is 0 Å². The lowest BCUT2D eigenvalue weighted by Gasteiger charge is -2.16. The van der Waals surface area contributed by atoms with Crippen LogP contribution in [-0.4, -0.2) is 13.2 Å². The molecule has 19 heavy (non-hydrogen) atoms. The number of ether oxygens (including phenoxy) is 1. The van der Waals surface area contributed by atoms with Crippen molar-refractivity contribution in [2.24, 2.45) is 11.7 Å². The first kappa shape index (κ1) is 16.3. The molecular formula is C16H26ClNO. The maximum atomic E-state index is 6.23. The number of halogens is 1. The minimum atomic E-state index is 0.625. The molecule has 0 aliphatic carbocycles. The molecule has 1 aromatic carbocycles. The van der Waals surface area contributed by atoms with E-state index in [1.54, 1.807) is 0 Å². The van der Waals surface area contributed by atoms with Gasteiger partial charge in [0.05, 0.1) is 11.6 Å². The van der Waals surface area contributed by atoms with Gasteiger partial charge in [-0.1, -0.05) is 50.8 Å². The van der Waals surface area contributed by atoms with Crippen molar-refractivity contribution in [3.05, 3.63) is 28.8 Å². The largest absolute Gasteiger partial charge is 0.492 e. The van der Waals surface area contributed by atoms with Crippen molar-refractivity contribution in [3.8, 4) is 5.75 Å². The van der Waals surface area contributed by atoms with E-state index in [0.717, 1.165) is 30.8 Å². The molecule has 0 bridgehead atoms. The van der Waals surface area contributed by atoms with Crippen molar-refractivity contribution in [2.75, 3.05) is 13.2 Å². The molecule has 2 nitrogen and oxygen atoms in total. The lowest BCUT2D eigenvalue weighted by molar-refractivity contribution is 0.233. The topological polar surface area (TPSA) is 35.2 Å². The van der Waals surface area contributed by atoms with Crippen molar-refractivity contribution < 1.29 is 4.74 Å². The van der Waals surface area contributed by atoms with E-state index in [4.69, 9.17) is 22.1 Å². The normalized spacial score (nSPS) is 12.4. The molecule has 0 saturated carbocycles. The second-order valence-corrected chi connectivity index (χ2v) is 5.44. The zero-order chi connectivity index (χ0) is 14.1. The number of hydrogen-bond acceptors (Lipinski definition) is 2. The fourth-order valence-electron chi connectivity index (χ4n) is 2.09. The second-order valence-electron chi connectivity index (χ2n) is 5.03. The minimum absolute atomic E-state index is 0.625. The third-order valence-electron chi connectivity index (χ3n) is 3.45. The van der Waals surface area contributed by atoms with Crippen molar-refractivity contribution in [2.45, 2.75) is 46.0 Å². The molecule has 0 heterocycles. The standard InChI is InChI=1S/C16H26ClNO/c1-3-5-6-13(4-2)12-19-16-8-7-14(9-10-18)11-15(16)17/h7-8,11,13H,3-6,9-10,12,18H2,1-2H3. The van der Waals surface area contributed by atoms with Gasteiger partial charge in [-0.3, -0.25) is 0 Å². The van der Waals surface area contributed by atoms with E-state index in [1.807, 2.05) is 18.2 Å². The highest BCUT2D eigenvalue weighted by molar-refractivity contribution is 6.32. The first-order valence-corrected chi connectivity index (χ1v) is 7.70. The molecule has 3 heteroatoms. The summed E-state index contributed by atoms with van der Waals surface area (Å²) in [5, 5.41) is 0.691. The Morgan fingerprint density at radius 2 is 2.11 bits per heavy atom. The smallest absolute Gasteiger partial charge is 0.137 e. The molecule has 1 unspecified atom stereocenters. The monoisotopic (exact) mass is 283 g/mol. The van der Waals surface area contributed by atoms with Gasteiger partial charge in [0.1, 0.15) is 5.75 Å². The van der Waals surface area contributed by atoms with E-state index in [1.165, 1.54) is 19.3 Å². The van der Waals surface area contributed by atoms with E-state index in [-0.39, 0.29) is 0 Å². The Hall–Kier alpha value is -0.730. The van der Waals surface area contributed by atoms with Crippen LogP contribution in [0.15, 0.2) is 18.2 Å². The summed E-state index contributed by atoms with van der Waals surface area (Å²) >= 11 is 6.23. The first-order valence-electron chi connectivity index (χ1n) is 7.32. The van der Waals surface area contributed by atoms with Gasteiger partial charge in [-0.15, -0.1) is 0 Å². The molecule has 0 radical (unpaired) electrons. The molecule has 0 amide bonds. The summed E-state index contributed by atoms with van der Waals surface area (Å²) in [5.74, 6) is 1.41. The van der Waals surface area contributed by atoms with Crippen molar-refractivity contribution in [3.63, 3.8) is 0 Å². The Kier molecular flexibility index (Phi) is 7.92. The van der Waals surface area contributed by atoms with Crippen LogP contribution < -0.4 is 10.5 Å². The number of benzene rings is 1. The molecule has 0 fully saturated rings. The number of hydrogen-bond donors (Lipinski definition) is 1. The number of nitrogens with two attached hydrogens (primary N) is 1. The molecule has 108 valence electrons. The summed E-state index contributed by atoms with van der Waals surface area (Å²) in [6.07, 6.45) is 5.75. The third kappa shape index (κ3) is 5.84. The van der Waals surface area contributed by atoms with E-state index in [2.05, 4.69) is 13.8 Å². The summed E-state index contributed by atoms with van der Waals surface area (Å²) in [7, 11) is 0. The molecule has 1 aromatic rings. The van der Waals surface area contributed by atoms with Gasteiger partial charge in [0.2, 0.25) is 0 Å². The van der Waals surface area contributed by atoms with Gasteiger partial charge in [-0.25, -0.2) is 0 Å². The van der Waals surface area contributed by atoms with Crippen LogP contribution >= 0.6 is 11.6 Å². The SMILES string of the molecule is CCCCC(CC)COc1ccc(CCN)cc1Cl. The van der Waals surface area contributed by atoms with Gasteiger partial charge in [-0.2, -0.15) is 0 Å². The van der Waals surface area contributed by atoms with Gasteiger partial charge >= 0.3 is 0 Å². The molecule has 0 spiro atoms. The van der Waals surface area contributed by atoms with Gasteiger partial charge in [0, 0.05) is 0 Å². The van der Waals surface area contributed by atoms with Crippen molar-refractivity contribution >= 4 is 11.6 Å². The number of unbranched alkanes of at least 4 members (excludes halogenated alkanes) is 1. The van der Waals surface area contributed by atoms with Crippen LogP contribution in [0.3, 0.4) is 0 Å². The van der Waals surface area contributed by atoms with Gasteiger partial charge in [-0.05, 0) is 43.0 Å². The number of rotatable bonds is 9. The lowest BCUT2D eigenvalue weighted by Crippen LogP contribution is -2.11. The Bertz CT molecular complexity index is 368. The quantitative estimate of drug-likeness (QED) is 0.727. The summed E-state index contributed by atoms with van der Waals surface area (Å²) in [6.45, 7) is 5.84. The highest BCUT2D eigenvalue weighted by Gasteiger charge is 2.09. The predicted octanol–water partition coefficient (Wildman–Crippen LogP) is 4.44. The van der Waals surface area contributed by atoms with Crippen LogP contribution in [0.2, 0.25) is 5.02 Å². The predicted molar refractivity (Wildman–Crippen MR) is 83.0 cm³/mol. The van der Waals surface area contributed by atoms with E-state index in [0.29, 0.717) is 17.5 Å². The van der Waals surface area contributed by atoms with Crippen LogP contribution in [0.25, 0.3) is 0 Å². The van der Waals surface area contributed by atoms with Gasteiger partial charge in [0.25, 0.3) is 0 Å². The molecule has 1 atom stereocenters. The van der Waals surface area contributed by atoms with Crippen LogP contribution in [0.1, 0.15) is 45.1 Å². The summed E-state index contributed by atoms with van der Waals surface area (Å²) in [5.41, 5.74) is 6.70. The average molecular weight is 284 g/mol. The van der Waals surface area contributed by atoms with Crippen molar-refractivity contribution in [1.82, 2.24) is 0 Å². The highest BCUT2D eigenvalue weighted by atomic mass is 35.5. The fraction of sp³-hybridized carbons (Fsp3) is 0.625. The minimum Gasteiger partial charge on any atom is -0.492 e. The first-order chi connectivity index (χ1) is 9.21. The Balaban J connectivity index is 2.52.